The van der Waals surface area contributed by atoms with Crippen molar-refractivity contribution in [3.8, 4) is 11.4 Å². The molecule has 0 unspecified atom stereocenters. The first kappa shape index (κ1) is 27.8. The van der Waals surface area contributed by atoms with E-state index in [-0.39, 0.29) is 5.91 Å². The Labute approximate surface area is 221 Å². The van der Waals surface area contributed by atoms with Crippen molar-refractivity contribution in [3.63, 3.8) is 0 Å². The van der Waals surface area contributed by atoms with Gasteiger partial charge in [-0.3, -0.25) is 9.79 Å². The minimum absolute atomic E-state index is 0.0383. The third kappa shape index (κ3) is 7.87. The minimum Gasteiger partial charge on any atom is -0.383 e. The summed E-state index contributed by atoms with van der Waals surface area (Å²) in [5, 5.41) is 6.68. The van der Waals surface area contributed by atoms with Crippen molar-refractivity contribution in [3.05, 3.63) is 66.5 Å². The van der Waals surface area contributed by atoms with Gasteiger partial charge >= 0.3 is 0 Å². The number of nitrogens with zero attached hydrogens (tertiary/aromatic N) is 4. The van der Waals surface area contributed by atoms with Gasteiger partial charge < -0.3 is 15.5 Å². The Morgan fingerprint density at radius 2 is 1.97 bits per heavy atom. The van der Waals surface area contributed by atoms with E-state index in [1.54, 1.807) is 14.0 Å². The van der Waals surface area contributed by atoms with Crippen LogP contribution in [0.2, 0.25) is 0 Å². The second kappa shape index (κ2) is 13.5. The molecule has 7 nitrogen and oxygen atoms in total. The maximum absolute atomic E-state index is 11.3. The zero-order valence-corrected chi connectivity index (χ0v) is 22.8. The number of rotatable bonds is 10. The molecular formula is C30H40N6O. The van der Waals surface area contributed by atoms with E-state index in [4.69, 9.17) is 9.97 Å². The van der Waals surface area contributed by atoms with Gasteiger partial charge in [0.05, 0.1) is 0 Å². The average molecular weight is 501 g/mol. The lowest BCUT2D eigenvalue weighted by Crippen LogP contribution is -2.33. The van der Waals surface area contributed by atoms with E-state index in [1.165, 1.54) is 0 Å². The molecule has 1 aromatic heterocycles. The summed E-state index contributed by atoms with van der Waals surface area (Å²) >= 11 is 0. The van der Waals surface area contributed by atoms with Gasteiger partial charge in [-0.2, -0.15) is 0 Å². The molecule has 1 amide bonds. The predicted molar refractivity (Wildman–Crippen MR) is 155 cm³/mol. The maximum Gasteiger partial charge on any atom is 0.216 e. The lowest BCUT2D eigenvalue weighted by atomic mass is 9.86. The molecule has 0 radical (unpaired) electrons. The molecule has 1 aliphatic rings. The second-order valence-corrected chi connectivity index (χ2v) is 9.72. The average Bonchev–Trinajstić information content (AvgIpc) is 2.90. The first-order valence-electron chi connectivity index (χ1n) is 12.9. The van der Waals surface area contributed by atoms with Crippen molar-refractivity contribution < 1.29 is 4.79 Å². The van der Waals surface area contributed by atoms with Gasteiger partial charge in [-0.15, -0.1) is 0 Å². The molecule has 1 saturated carbocycles. The number of hydrogen-bond acceptors (Lipinski definition) is 6. The molecule has 2 aromatic rings. The number of hydrogen-bond donors (Lipinski definition) is 2. The van der Waals surface area contributed by atoms with Gasteiger partial charge in [-0.05, 0) is 55.7 Å². The number of carbonyl (C=O) groups excluding carboxylic acids is 1. The third-order valence-corrected chi connectivity index (χ3v) is 6.58. The second-order valence-electron chi connectivity index (χ2n) is 9.72. The molecule has 0 bridgehead atoms. The van der Waals surface area contributed by atoms with Crippen molar-refractivity contribution in [1.82, 2.24) is 20.2 Å². The topological polar surface area (TPSA) is 82.5 Å². The Morgan fingerprint density at radius 3 is 2.59 bits per heavy atom. The number of aromatic nitrogens is 2. The molecule has 0 saturated heterocycles. The van der Waals surface area contributed by atoms with Crippen molar-refractivity contribution in [1.29, 1.82) is 0 Å². The monoisotopic (exact) mass is 500 g/mol. The van der Waals surface area contributed by atoms with Crippen molar-refractivity contribution in [2.75, 3.05) is 33.0 Å². The zero-order chi connectivity index (χ0) is 26.8. The smallest absolute Gasteiger partial charge is 0.216 e. The van der Waals surface area contributed by atoms with Crippen LogP contribution in [0.15, 0.2) is 60.4 Å². The van der Waals surface area contributed by atoms with Crippen molar-refractivity contribution in [2.24, 2.45) is 10.9 Å². The number of carbonyl (C=O) groups is 1. The number of anilines is 1. The summed E-state index contributed by atoms with van der Waals surface area (Å²) in [6, 6.07) is 8.56. The highest BCUT2D eigenvalue weighted by molar-refractivity contribution is 6.11. The van der Waals surface area contributed by atoms with Gasteiger partial charge in [0.1, 0.15) is 5.82 Å². The van der Waals surface area contributed by atoms with Crippen LogP contribution < -0.4 is 10.6 Å². The largest absolute Gasteiger partial charge is 0.383 e. The summed E-state index contributed by atoms with van der Waals surface area (Å²) in [7, 11) is 5.77. The highest BCUT2D eigenvalue weighted by Crippen LogP contribution is 2.30. The quantitative estimate of drug-likeness (QED) is 0.335. The Hall–Kier alpha value is -3.74. The lowest BCUT2D eigenvalue weighted by Gasteiger charge is -2.30. The summed E-state index contributed by atoms with van der Waals surface area (Å²) in [5.74, 6) is 2.06. The SMILES string of the molecule is C=C/C(=C\N(C)C)c1cccc(-c2ncc(/C(C=NC)=C/C)c(NC3CCC(CNC(C)=O)CC3)n2)c1. The molecule has 3 rings (SSSR count). The van der Waals surface area contributed by atoms with Gasteiger partial charge in [0, 0.05) is 76.0 Å². The normalized spacial score (nSPS) is 18.5. The standard InChI is InChI=1S/C30H40N6O/c1-7-23(18-31-4)28-19-33-29(26-11-9-10-25(16-26)24(8-2)20-36(5)6)35-30(28)34-27-14-12-22(13-15-27)17-32-21(3)37/h7-11,16,18-20,22,27H,2,12-15,17H2,1,3-6H3,(H,32,37)(H,33,34,35)/b23-7+,24-20+,31-18?. The van der Waals surface area contributed by atoms with E-state index in [1.807, 2.05) is 68.8 Å². The Kier molecular flexibility index (Phi) is 10.2. The van der Waals surface area contributed by atoms with E-state index < -0.39 is 0 Å². The summed E-state index contributed by atoms with van der Waals surface area (Å²) < 4.78 is 0. The molecule has 1 heterocycles. The number of amides is 1. The first-order chi connectivity index (χ1) is 17.8. The first-order valence-corrected chi connectivity index (χ1v) is 12.9. The van der Waals surface area contributed by atoms with Gasteiger partial charge in [0.25, 0.3) is 0 Å². The molecule has 2 N–H and O–H groups in total. The summed E-state index contributed by atoms with van der Waals surface area (Å²) in [6.45, 7) is 8.31. The van der Waals surface area contributed by atoms with Crippen LogP contribution in [0.3, 0.4) is 0 Å². The Morgan fingerprint density at radius 1 is 1.22 bits per heavy atom. The Bertz CT molecular complexity index is 1170. The summed E-state index contributed by atoms with van der Waals surface area (Å²) in [6.07, 6.45) is 13.9. The van der Waals surface area contributed by atoms with E-state index in [9.17, 15) is 4.79 Å². The molecule has 7 heteroatoms. The van der Waals surface area contributed by atoms with Gasteiger partial charge in [-0.1, -0.05) is 36.9 Å². The van der Waals surface area contributed by atoms with Crippen LogP contribution in [0.1, 0.15) is 50.7 Å². The van der Waals surface area contributed by atoms with Crippen molar-refractivity contribution >= 4 is 29.1 Å². The molecule has 1 aromatic carbocycles. The maximum atomic E-state index is 11.3. The Balaban J connectivity index is 1.91. The molecular weight excluding hydrogens is 460 g/mol. The fraction of sp³-hybridized carbons (Fsp3) is 0.400. The highest BCUT2D eigenvalue weighted by Gasteiger charge is 2.23. The zero-order valence-electron chi connectivity index (χ0n) is 22.8. The van der Waals surface area contributed by atoms with E-state index in [0.717, 1.165) is 65.9 Å². The third-order valence-electron chi connectivity index (χ3n) is 6.58. The highest BCUT2D eigenvalue weighted by atomic mass is 16.1. The molecule has 0 aliphatic heterocycles. The molecule has 1 fully saturated rings. The fourth-order valence-corrected chi connectivity index (χ4v) is 4.63. The fourth-order valence-electron chi connectivity index (χ4n) is 4.63. The summed E-state index contributed by atoms with van der Waals surface area (Å²) in [4.78, 5) is 27.3. The molecule has 196 valence electrons. The van der Waals surface area contributed by atoms with Crippen LogP contribution in [0.5, 0.6) is 0 Å². The lowest BCUT2D eigenvalue weighted by molar-refractivity contribution is -0.119. The molecule has 0 spiro atoms. The minimum atomic E-state index is 0.0383. The predicted octanol–water partition coefficient (Wildman–Crippen LogP) is 5.44. The van der Waals surface area contributed by atoms with Crippen LogP contribution in [-0.4, -0.2) is 60.7 Å². The number of allylic oxidation sites excluding steroid dienone is 4. The van der Waals surface area contributed by atoms with Crippen molar-refractivity contribution in [2.45, 2.75) is 45.6 Å². The molecule has 1 aliphatic carbocycles. The number of nitrogens with one attached hydrogen (secondary N) is 2. The van der Waals surface area contributed by atoms with Crippen LogP contribution in [0.4, 0.5) is 5.82 Å². The number of benzene rings is 1. The number of aliphatic imine (C=N–C) groups is 1. The van der Waals surface area contributed by atoms with E-state index >= 15 is 0 Å². The van der Waals surface area contributed by atoms with Crippen LogP contribution >= 0.6 is 0 Å². The van der Waals surface area contributed by atoms with Gasteiger partial charge in [0.2, 0.25) is 5.91 Å². The van der Waals surface area contributed by atoms with Crippen LogP contribution in [0.25, 0.3) is 22.5 Å². The molecule has 0 atom stereocenters. The van der Waals surface area contributed by atoms with E-state index in [0.29, 0.717) is 17.8 Å². The summed E-state index contributed by atoms with van der Waals surface area (Å²) in [5.41, 5.74) is 4.96. The van der Waals surface area contributed by atoms with Gasteiger partial charge in [-0.25, -0.2) is 9.97 Å². The van der Waals surface area contributed by atoms with Crippen LogP contribution in [0, 0.1) is 5.92 Å². The van der Waals surface area contributed by atoms with E-state index in [2.05, 4.69) is 34.3 Å². The molecule has 37 heavy (non-hydrogen) atoms. The van der Waals surface area contributed by atoms with Gasteiger partial charge in [0.15, 0.2) is 5.82 Å². The van der Waals surface area contributed by atoms with Crippen LogP contribution in [-0.2, 0) is 4.79 Å².